The Hall–Kier alpha value is -3.48. The first-order chi connectivity index (χ1) is 15.3. The van der Waals surface area contributed by atoms with E-state index in [1.54, 1.807) is 4.68 Å². The van der Waals surface area contributed by atoms with Crippen molar-refractivity contribution in [2.75, 3.05) is 13.1 Å². The Balaban J connectivity index is 1.36. The van der Waals surface area contributed by atoms with Crippen LogP contribution in [0.25, 0.3) is 5.69 Å². The third kappa shape index (κ3) is 4.56. The molecule has 2 amide bonds. The normalized spacial score (nSPS) is 15.9. The van der Waals surface area contributed by atoms with Crippen molar-refractivity contribution in [2.24, 2.45) is 5.92 Å². The molecule has 1 aliphatic rings. The summed E-state index contributed by atoms with van der Waals surface area (Å²) in [5.74, 6) is -0.0452. The molecule has 1 atom stereocenters. The number of nitrogens with one attached hydrogen (secondary N) is 1. The Labute approximate surface area is 188 Å². The standard InChI is InChI=1S/C25H29N5O2/c1-16-6-5-7-20(10-16)14-29-15-21(12-23(29)31)13-26-25(32)24-19(4)30(28-27-24)22-9-8-17(2)18(3)11-22/h5-11,21H,12-15H2,1-4H3,(H,26,32). The highest BCUT2D eigenvalue weighted by Gasteiger charge is 2.30. The smallest absolute Gasteiger partial charge is 0.273 e. The second kappa shape index (κ2) is 8.94. The van der Waals surface area contributed by atoms with E-state index >= 15 is 0 Å². The summed E-state index contributed by atoms with van der Waals surface area (Å²) < 4.78 is 1.68. The molecule has 7 heteroatoms. The third-order valence-electron chi connectivity index (χ3n) is 6.15. The Bertz CT molecular complexity index is 1170. The van der Waals surface area contributed by atoms with E-state index in [2.05, 4.69) is 28.6 Å². The van der Waals surface area contributed by atoms with E-state index in [1.807, 2.05) is 62.1 Å². The second-order valence-corrected chi connectivity index (χ2v) is 8.75. The lowest BCUT2D eigenvalue weighted by Gasteiger charge is -2.17. The van der Waals surface area contributed by atoms with Gasteiger partial charge in [0.15, 0.2) is 5.69 Å². The molecular formula is C25H29N5O2. The maximum Gasteiger partial charge on any atom is 0.273 e. The summed E-state index contributed by atoms with van der Waals surface area (Å²) in [5, 5.41) is 11.2. The zero-order chi connectivity index (χ0) is 22.8. The molecule has 7 nitrogen and oxygen atoms in total. The van der Waals surface area contributed by atoms with Gasteiger partial charge < -0.3 is 10.2 Å². The number of rotatable bonds is 6. The van der Waals surface area contributed by atoms with Gasteiger partial charge in [0.05, 0.1) is 11.4 Å². The summed E-state index contributed by atoms with van der Waals surface area (Å²) >= 11 is 0. The summed E-state index contributed by atoms with van der Waals surface area (Å²) in [6.07, 6.45) is 0.445. The molecule has 1 fully saturated rings. The van der Waals surface area contributed by atoms with Crippen molar-refractivity contribution >= 4 is 11.8 Å². The minimum absolute atomic E-state index is 0.0892. The SMILES string of the molecule is Cc1cccc(CN2CC(CNC(=O)c3nnn(-c4ccc(C)c(C)c4)c3C)CC2=O)c1. The van der Waals surface area contributed by atoms with Crippen LogP contribution in [-0.2, 0) is 11.3 Å². The largest absolute Gasteiger partial charge is 0.350 e. The van der Waals surface area contributed by atoms with E-state index in [0.717, 1.165) is 16.8 Å². The number of likely N-dealkylation sites (tertiary alicyclic amines) is 1. The van der Waals surface area contributed by atoms with E-state index < -0.39 is 0 Å². The predicted octanol–water partition coefficient (Wildman–Crippen LogP) is 3.28. The molecule has 3 aromatic rings. The number of carbonyl (C=O) groups excluding carboxylic acids is 2. The molecule has 1 saturated heterocycles. The predicted molar refractivity (Wildman–Crippen MR) is 123 cm³/mol. The van der Waals surface area contributed by atoms with Gasteiger partial charge in [0.25, 0.3) is 5.91 Å². The number of aromatic nitrogens is 3. The van der Waals surface area contributed by atoms with E-state index in [-0.39, 0.29) is 17.7 Å². The van der Waals surface area contributed by atoms with Gasteiger partial charge in [-0.3, -0.25) is 9.59 Å². The molecule has 166 valence electrons. The number of amides is 2. The Kier molecular flexibility index (Phi) is 6.08. The molecule has 0 radical (unpaired) electrons. The van der Waals surface area contributed by atoms with Crippen molar-refractivity contribution < 1.29 is 9.59 Å². The molecule has 0 spiro atoms. The fourth-order valence-corrected chi connectivity index (χ4v) is 4.14. The van der Waals surface area contributed by atoms with Crippen LogP contribution in [0, 0.1) is 33.6 Å². The van der Waals surface area contributed by atoms with Crippen LogP contribution in [0.1, 0.15) is 44.9 Å². The molecule has 0 saturated carbocycles. The van der Waals surface area contributed by atoms with Gasteiger partial charge in [0.1, 0.15) is 0 Å². The monoisotopic (exact) mass is 431 g/mol. The van der Waals surface area contributed by atoms with Gasteiger partial charge in [-0.1, -0.05) is 41.1 Å². The molecule has 0 bridgehead atoms. The number of benzene rings is 2. The topological polar surface area (TPSA) is 80.1 Å². The highest BCUT2D eigenvalue weighted by atomic mass is 16.2. The lowest BCUT2D eigenvalue weighted by Crippen LogP contribution is -2.31. The lowest BCUT2D eigenvalue weighted by molar-refractivity contribution is -0.128. The summed E-state index contributed by atoms with van der Waals surface area (Å²) in [4.78, 5) is 27.1. The number of hydrogen-bond donors (Lipinski definition) is 1. The Morgan fingerprint density at radius 1 is 1.09 bits per heavy atom. The quantitative estimate of drug-likeness (QED) is 0.650. The van der Waals surface area contributed by atoms with Crippen LogP contribution in [0.4, 0.5) is 0 Å². The summed E-state index contributed by atoms with van der Waals surface area (Å²) in [7, 11) is 0. The maximum atomic E-state index is 12.8. The Morgan fingerprint density at radius 3 is 2.66 bits per heavy atom. The first-order valence-electron chi connectivity index (χ1n) is 10.9. The summed E-state index contributed by atoms with van der Waals surface area (Å²) in [5.41, 5.74) is 6.55. The maximum absolute atomic E-state index is 12.8. The van der Waals surface area contributed by atoms with Gasteiger partial charge in [-0.15, -0.1) is 5.10 Å². The molecular weight excluding hydrogens is 402 g/mol. The minimum atomic E-state index is -0.262. The molecule has 2 aromatic carbocycles. The third-order valence-corrected chi connectivity index (χ3v) is 6.15. The van der Waals surface area contributed by atoms with E-state index in [0.29, 0.717) is 37.4 Å². The van der Waals surface area contributed by atoms with Crippen molar-refractivity contribution in [1.29, 1.82) is 0 Å². The Morgan fingerprint density at radius 2 is 1.91 bits per heavy atom. The van der Waals surface area contributed by atoms with Crippen LogP contribution in [-0.4, -0.2) is 44.8 Å². The highest BCUT2D eigenvalue weighted by Crippen LogP contribution is 2.21. The van der Waals surface area contributed by atoms with E-state index in [4.69, 9.17) is 0 Å². The van der Waals surface area contributed by atoms with Gasteiger partial charge >= 0.3 is 0 Å². The van der Waals surface area contributed by atoms with E-state index in [1.165, 1.54) is 11.1 Å². The zero-order valence-electron chi connectivity index (χ0n) is 19.1. The zero-order valence-corrected chi connectivity index (χ0v) is 19.1. The van der Waals surface area contributed by atoms with Gasteiger partial charge in [-0.05, 0) is 56.5 Å². The fraction of sp³-hybridized carbons (Fsp3) is 0.360. The fourth-order valence-electron chi connectivity index (χ4n) is 4.14. The van der Waals surface area contributed by atoms with Crippen molar-refractivity contribution in [3.63, 3.8) is 0 Å². The van der Waals surface area contributed by atoms with Crippen LogP contribution in [0.15, 0.2) is 42.5 Å². The van der Waals surface area contributed by atoms with Crippen molar-refractivity contribution in [1.82, 2.24) is 25.2 Å². The average Bonchev–Trinajstić information content (AvgIpc) is 3.31. The number of aryl methyl sites for hydroxylation is 3. The van der Waals surface area contributed by atoms with Crippen LogP contribution in [0.3, 0.4) is 0 Å². The van der Waals surface area contributed by atoms with E-state index in [9.17, 15) is 9.59 Å². The van der Waals surface area contributed by atoms with Crippen molar-refractivity contribution in [2.45, 2.75) is 40.7 Å². The lowest BCUT2D eigenvalue weighted by atomic mass is 10.1. The van der Waals surface area contributed by atoms with Crippen LogP contribution in [0.2, 0.25) is 0 Å². The van der Waals surface area contributed by atoms with Crippen molar-refractivity contribution in [3.05, 3.63) is 76.1 Å². The van der Waals surface area contributed by atoms with Gasteiger partial charge in [-0.2, -0.15) is 0 Å². The van der Waals surface area contributed by atoms with Crippen molar-refractivity contribution in [3.8, 4) is 5.69 Å². The molecule has 1 aromatic heterocycles. The summed E-state index contributed by atoms with van der Waals surface area (Å²) in [6.45, 7) is 9.67. The molecule has 1 unspecified atom stereocenters. The highest BCUT2D eigenvalue weighted by molar-refractivity contribution is 5.93. The average molecular weight is 432 g/mol. The number of hydrogen-bond acceptors (Lipinski definition) is 4. The first-order valence-corrected chi connectivity index (χ1v) is 10.9. The first kappa shape index (κ1) is 21.7. The van der Waals surface area contributed by atoms with Gasteiger partial charge in [-0.25, -0.2) is 4.68 Å². The van der Waals surface area contributed by atoms with Gasteiger partial charge in [0.2, 0.25) is 5.91 Å². The van der Waals surface area contributed by atoms with Crippen LogP contribution in [0.5, 0.6) is 0 Å². The molecule has 4 rings (SSSR count). The molecule has 1 aliphatic heterocycles. The van der Waals surface area contributed by atoms with Gasteiger partial charge in [0, 0.05) is 32.0 Å². The molecule has 2 heterocycles. The van der Waals surface area contributed by atoms with Crippen LogP contribution < -0.4 is 5.32 Å². The second-order valence-electron chi connectivity index (χ2n) is 8.75. The number of carbonyl (C=O) groups is 2. The number of nitrogens with zero attached hydrogens (tertiary/aromatic N) is 4. The summed E-state index contributed by atoms with van der Waals surface area (Å²) in [6, 6.07) is 14.2. The molecule has 32 heavy (non-hydrogen) atoms. The van der Waals surface area contributed by atoms with Crippen LogP contribution >= 0.6 is 0 Å². The molecule has 1 N–H and O–H groups in total. The molecule has 0 aliphatic carbocycles. The minimum Gasteiger partial charge on any atom is -0.350 e.